The fourth-order valence-electron chi connectivity index (χ4n) is 4.44. The third-order valence-corrected chi connectivity index (χ3v) is 6.20. The molecule has 0 spiro atoms. The number of allylic oxidation sites excluding steroid dienone is 1. The lowest BCUT2D eigenvalue weighted by molar-refractivity contribution is -0.113. The van der Waals surface area contributed by atoms with Gasteiger partial charge in [-0.1, -0.05) is 36.4 Å². The molecule has 1 aliphatic rings. The molecule has 1 atom stereocenters. The standard InChI is InChI=1S/C28H27N5O4/c1-17-24(27(34)30-19-10-6-5-7-11-19)25(18-14-15-22(36-3)23(16-18)37-4)33-28(29-17)31-26(32-33)20-12-8-9-13-21(20)35-2/h5-16,25H,1-4H3,(H,30,34)(H,29,31,32). The number of carbonyl (C=O) groups is 1. The Morgan fingerprint density at radius 1 is 0.892 bits per heavy atom. The molecule has 37 heavy (non-hydrogen) atoms. The van der Waals surface area contributed by atoms with Gasteiger partial charge in [0, 0.05) is 11.4 Å². The third-order valence-electron chi connectivity index (χ3n) is 6.20. The second kappa shape index (κ2) is 10.1. The molecule has 0 saturated carbocycles. The molecule has 9 heteroatoms. The Kier molecular flexibility index (Phi) is 6.51. The van der Waals surface area contributed by atoms with Gasteiger partial charge in [-0.25, -0.2) is 4.68 Å². The van der Waals surface area contributed by atoms with Crippen molar-refractivity contribution in [3.8, 4) is 28.6 Å². The van der Waals surface area contributed by atoms with Gasteiger partial charge in [-0.2, -0.15) is 4.98 Å². The minimum absolute atomic E-state index is 0.254. The van der Waals surface area contributed by atoms with Crippen molar-refractivity contribution in [1.82, 2.24) is 14.8 Å². The van der Waals surface area contributed by atoms with Crippen molar-refractivity contribution in [2.24, 2.45) is 0 Å². The van der Waals surface area contributed by atoms with Crippen LogP contribution in [0, 0.1) is 0 Å². The van der Waals surface area contributed by atoms with Crippen LogP contribution in [0.25, 0.3) is 11.4 Å². The fourth-order valence-corrected chi connectivity index (χ4v) is 4.44. The first kappa shape index (κ1) is 23.9. The summed E-state index contributed by atoms with van der Waals surface area (Å²) in [4.78, 5) is 18.4. The number of aromatic nitrogens is 3. The third kappa shape index (κ3) is 4.47. The summed E-state index contributed by atoms with van der Waals surface area (Å²) in [5.41, 5.74) is 3.39. The van der Waals surface area contributed by atoms with Gasteiger partial charge in [0.1, 0.15) is 11.8 Å². The average molecular weight is 498 g/mol. The van der Waals surface area contributed by atoms with E-state index in [1.165, 1.54) is 0 Å². The summed E-state index contributed by atoms with van der Waals surface area (Å²) in [6.45, 7) is 1.86. The maximum absolute atomic E-state index is 13.7. The van der Waals surface area contributed by atoms with E-state index < -0.39 is 6.04 Å². The van der Waals surface area contributed by atoms with Gasteiger partial charge in [-0.15, -0.1) is 5.10 Å². The molecule has 0 radical (unpaired) electrons. The SMILES string of the molecule is COc1ccc(C2C(C(=O)Nc3ccccc3)=C(C)Nc3nc(-c4ccccc4OC)nn32)cc1OC. The average Bonchev–Trinajstić information content (AvgIpc) is 3.35. The number of ether oxygens (including phenoxy) is 3. The van der Waals surface area contributed by atoms with Crippen LogP contribution in [0.1, 0.15) is 18.5 Å². The van der Waals surface area contributed by atoms with E-state index in [1.54, 1.807) is 26.0 Å². The number of hydrogen-bond donors (Lipinski definition) is 2. The van der Waals surface area contributed by atoms with Crippen LogP contribution in [0.15, 0.2) is 84.1 Å². The Bertz CT molecular complexity index is 1480. The summed E-state index contributed by atoms with van der Waals surface area (Å²) in [7, 11) is 4.77. The highest BCUT2D eigenvalue weighted by Crippen LogP contribution is 2.40. The molecule has 3 aromatic carbocycles. The maximum Gasteiger partial charge on any atom is 0.255 e. The van der Waals surface area contributed by atoms with Crippen LogP contribution in [-0.4, -0.2) is 42.0 Å². The molecular formula is C28H27N5O4. The lowest BCUT2D eigenvalue weighted by atomic mass is 9.94. The number of benzene rings is 3. The van der Waals surface area contributed by atoms with Crippen LogP contribution in [0.4, 0.5) is 11.6 Å². The van der Waals surface area contributed by atoms with Crippen LogP contribution in [0.5, 0.6) is 17.2 Å². The monoisotopic (exact) mass is 497 g/mol. The van der Waals surface area contributed by atoms with Crippen LogP contribution in [0.3, 0.4) is 0 Å². The summed E-state index contributed by atoms with van der Waals surface area (Å²) in [6, 6.07) is 21.9. The minimum atomic E-state index is -0.587. The van der Waals surface area contributed by atoms with E-state index in [0.717, 1.165) is 11.1 Å². The summed E-state index contributed by atoms with van der Waals surface area (Å²) in [5.74, 6) is 2.52. The van der Waals surface area contributed by atoms with Gasteiger partial charge in [0.05, 0.1) is 32.5 Å². The number of para-hydroxylation sites is 2. The van der Waals surface area contributed by atoms with Crippen LogP contribution < -0.4 is 24.8 Å². The number of methoxy groups -OCH3 is 3. The van der Waals surface area contributed by atoms with Crippen LogP contribution >= 0.6 is 0 Å². The Hall–Kier alpha value is -4.79. The maximum atomic E-state index is 13.7. The molecule has 1 aromatic heterocycles. The van der Waals surface area contributed by atoms with Gasteiger partial charge in [0.2, 0.25) is 5.95 Å². The lowest BCUT2D eigenvalue weighted by Gasteiger charge is -2.29. The number of anilines is 2. The molecule has 1 aliphatic heterocycles. The second-order valence-corrected chi connectivity index (χ2v) is 8.40. The number of rotatable bonds is 7. The van der Waals surface area contributed by atoms with Gasteiger partial charge in [0.25, 0.3) is 5.91 Å². The summed E-state index contributed by atoms with van der Waals surface area (Å²) < 4.78 is 18.2. The van der Waals surface area contributed by atoms with Crippen molar-refractivity contribution in [3.63, 3.8) is 0 Å². The first-order chi connectivity index (χ1) is 18.0. The van der Waals surface area contributed by atoms with Crippen molar-refractivity contribution in [3.05, 3.63) is 89.6 Å². The van der Waals surface area contributed by atoms with Gasteiger partial charge in [-0.05, 0) is 48.9 Å². The largest absolute Gasteiger partial charge is 0.496 e. The van der Waals surface area contributed by atoms with Crippen molar-refractivity contribution in [2.45, 2.75) is 13.0 Å². The van der Waals surface area contributed by atoms with Crippen molar-refractivity contribution in [2.75, 3.05) is 32.0 Å². The molecule has 1 amide bonds. The zero-order valence-electron chi connectivity index (χ0n) is 21.0. The van der Waals surface area contributed by atoms with E-state index in [4.69, 9.17) is 24.3 Å². The molecule has 5 rings (SSSR count). The number of fused-ring (bicyclic) bond motifs is 1. The molecule has 0 aliphatic carbocycles. The summed E-state index contributed by atoms with van der Waals surface area (Å²) in [5, 5.41) is 11.1. The van der Waals surface area contributed by atoms with E-state index in [2.05, 4.69) is 10.6 Å². The molecular weight excluding hydrogens is 470 g/mol. The van der Waals surface area contributed by atoms with E-state index in [-0.39, 0.29) is 5.91 Å². The quantitative estimate of drug-likeness (QED) is 0.375. The first-order valence-electron chi connectivity index (χ1n) is 11.7. The zero-order chi connectivity index (χ0) is 25.9. The number of nitrogens with zero attached hydrogens (tertiary/aromatic N) is 3. The molecule has 9 nitrogen and oxygen atoms in total. The number of carbonyl (C=O) groups excluding carboxylic acids is 1. The van der Waals surface area contributed by atoms with Crippen LogP contribution in [0.2, 0.25) is 0 Å². The highest BCUT2D eigenvalue weighted by Gasteiger charge is 2.35. The lowest BCUT2D eigenvalue weighted by Crippen LogP contribution is -2.31. The van der Waals surface area contributed by atoms with E-state index in [1.807, 2.05) is 79.7 Å². The molecule has 2 heterocycles. The molecule has 1 unspecified atom stereocenters. The van der Waals surface area contributed by atoms with Crippen LogP contribution in [-0.2, 0) is 4.79 Å². The topological polar surface area (TPSA) is 99.5 Å². The van der Waals surface area contributed by atoms with Crippen molar-refractivity contribution >= 4 is 17.5 Å². The molecule has 0 bridgehead atoms. The number of nitrogens with one attached hydrogen (secondary N) is 2. The molecule has 188 valence electrons. The fraction of sp³-hybridized carbons (Fsp3) is 0.179. The number of hydrogen-bond acceptors (Lipinski definition) is 7. The summed E-state index contributed by atoms with van der Waals surface area (Å²) in [6.07, 6.45) is 0. The highest BCUT2D eigenvalue weighted by molar-refractivity contribution is 6.06. The second-order valence-electron chi connectivity index (χ2n) is 8.40. The van der Waals surface area contributed by atoms with E-state index in [0.29, 0.717) is 46.0 Å². The Labute approximate surface area is 214 Å². The van der Waals surface area contributed by atoms with Gasteiger partial charge >= 0.3 is 0 Å². The Morgan fingerprint density at radius 2 is 1.59 bits per heavy atom. The molecule has 2 N–H and O–H groups in total. The summed E-state index contributed by atoms with van der Waals surface area (Å²) >= 11 is 0. The van der Waals surface area contributed by atoms with Crippen molar-refractivity contribution < 1.29 is 19.0 Å². The Morgan fingerprint density at radius 3 is 2.32 bits per heavy atom. The van der Waals surface area contributed by atoms with Gasteiger partial charge in [-0.3, -0.25) is 4.79 Å². The predicted molar refractivity (Wildman–Crippen MR) is 141 cm³/mol. The van der Waals surface area contributed by atoms with Gasteiger partial charge in [0.15, 0.2) is 17.3 Å². The van der Waals surface area contributed by atoms with E-state index in [9.17, 15) is 4.79 Å². The zero-order valence-corrected chi connectivity index (χ0v) is 21.0. The smallest absolute Gasteiger partial charge is 0.255 e. The Balaban J connectivity index is 1.65. The molecule has 0 saturated heterocycles. The highest BCUT2D eigenvalue weighted by atomic mass is 16.5. The normalized spacial score (nSPS) is 14.4. The molecule has 0 fully saturated rings. The molecule has 4 aromatic rings. The van der Waals surface area contributed by atoms with Gasteiger partial charge < -0.3 is 24.8 Å². The number of amides is 1. The predicted octanol–water partition coefficient (Wildman–Crippen LogP) is 4.90. The van der Waals surface area contributed by atoms with E-state index >= 15 is 0 Å². The first-order valence-corrected chi connectivity index (χ1v) is 11.7. The minimum Gasteiger partial charge on any atom is -0.496 e. The van der Waals surface area contributed by atoms with Crippen molar-refractivity contribution in [1.29, 1.82) is 0 Å².